The van der Waals surface area contributed by atoms with Crippen molar-refractivity contribution < 1.29 is 4.79 Å². The van der Waals surface area contributed by atoms with Crippen LogP contribution in [0, 0.1) is 0 Å². The van der Waals surface area contributed by atoms with Crippen LogP contribution < -0.4 is 5.43 Å². The maximum Gasteiger partial charge on any atom is 0.272 e. The third kappa shape index (κ3) is 3.61. The number of pyridine rings is 1. The van der Waals surface area contributed by atoms with Crippen molar-refractivity contribution >= 4 is 39.0 Å². The Bertz CT molecular complexity index is 980. The maximum absolute atomic E-state index is 12.6. The summed E-state index contributed by atoms with van der Waals surface area (Å²) < 4.78 is 0.969. The summed E-state index contributed by atoms with van der Waals surface area (Å²) in [5.41, 5.74) is 6.02. The van der Waals surface area contributed by atoms with E-state index in [1.807, 2.05) is 54.6 Å². The van der Waals surface area contributed by atoms with Gasteiger partial charge in [0.1, 0.15) is 0 Å². The molecule has 0 saturated heterocycles. The zero-order valence-electron chi connectivity index (χ0n) is 13.4. The van der Waals surface area contributed by atoms with Crippen LogP contribution in [0.2, 0.25) is 0 Å². The van der Waals surface area contributed by atoms with Crippen LogP contribution in [0.3, 0.4) is 0 Å². The predicted molar refractivity (Wildman–Crippen MR) is 103 cm³/mol. The first-order valence-corrected chi connectivity index (χ1v) is 8.99. The number of benzene rings is 2. The minimum atomic E-state index is -0.216. The van der Waals surface area contributed by atoms with Crippen LogP contribution >= 0.6 is 15.9 Å². The number of carbonyl (C=O) groups is 1. The molecule has 2 aromatic carbocycles. The number of nitrogens with zero attached hydrogens (tertiary/aromatic N) is 2. The second-order valence-corrected chi connectivity index (χ2v) is 7.06. The van der Waals surface area contributed by atoms with Crippen molar-refractivity contribution in [3.05, 3.63) is 75.9 Å². The van der Waals surface area contributed by atoms with E-state index in [-0.39, 0.29) is 5.91 Å². The van der Waals surface area contributed by atoms with E-state index in [0.29, 0.717) is 11.5 Å². The molecule has 0 unspecified atom stereocenters. The number of nitrogens with one attached hydrogen (secondary N) is 1. The van der Waals surface area contributed by atoms with Crippen molar-refractivity contribution in [3.63, 3.8) is 0 Å². The first kappa shape index (κ1) is 16.0. The molecule has 3 aromatic rings. The summed E-state index contributed by atoms with van der Waals surface area (Å²) in [6.45, 7) is 0. The minimum Gasteiger partial charge on any atom is -0.267 e. The monoisotopic (exact) mass is 393 g/mol. The van der Waals surface area contributed by atoms with Gasteiger partial charge in [-0.2, -0.15) is 5.10 Å². The highest BCUT2D eigenvalue weighted by molar-refractivity contribution is 9.10. The molecule has 124 valence electrons. The van der Waals surface area contributed by atoms with E-state index >= 15 is 0 Å². The number of aromatic nitrogens is 1. The van der Waals surface area contributed by atoms with Crippen LogP contribution in [0.1, 0.15) is 40.4 Å². The summed E-state index contributed by atoms with van der Waals surface area (Å²) in [6.07, 6.45) is 3.93. The second kappa shape index (κ2) is 6.76. The summed E-state index contributed by atoms with van der Waals surface area (Å²) in [5.74, 6) is 0.271. The molecule has 1 N–H and O–H groups in total. The van der Waals surface area contributed by atoms with E-state index in [2.05, 4.69) is 26.5 Å². The molecule has 25 heavy (non-hydrogen) atoms. The number of fused-ring (bicyclic) bond motifs is 1. The number of amides is 1. The summed E-state index contributed by atoms with van der Waals surface area (Å²) in [5, 5.41) is 4.94. The number of hydrogen-bond donors (Lipinski definition) is 1. The van der Waals surface area contributed by atoms with Crippen LogP contribution in [0.5, 0.6) is 0 Å². The molecule has 1 aromatic heterocycles. The van der Waals surface area contributed by atoms with E-state index < -0.39 is 0 Å². The van der Waals surface area contributed by atoms with E-state index in [4.69, 9.17) is 4.98 Å². The second-order valence-electron chi connectivity index (χ2n) is 6.14. The lowest BCUT2D eigenvalue weighted by Crippen LogP contribution is -2.18. The smallest absolute Gasteiger partial charge is 0.267 e. The summed E-state index contributed by atoms with van der Waals surface area (Å²) in [4.78, 5) is 17.3. The molecule has 1 aliphatic carbocycles. The van der Waals surface area contributed by atoms with Crippen LogP contribution in [-0.4, -0.2) is 17.1 Å². The van der Waals surface area contributed by atoms with Crippen molar-refractivity contribution in [1.29, 1.82) is 0 Å². The Labute approximate surface area is 154 Å². The Morgan fingerprint density at radius 1 is 1.16 bits per heavy atom. The van der Waals surface area contributed by atoms with E-state index in [0.717, 1.165) is 39.5 Å². The average molecular weight is 394 g/mol. The van der Waals surface area contributed by atoms with Crippen LogP contribution in [0.4, 0.5) is 0 Å². The SMILES string of the molecule is O=C(N/N=C/c1cccc(Br)c1)c1cc(C2CC2)nc2ccccc12. The van der Waals surface area contributed by atoms with Crippen LogP contribution in [-0.2, 0) is 0 Å². The van der Waals surface area contributed by atoms with Crippen molar-refractivity contribution in [3.8, 4) is 0 Å². The topological polar surface area (TPSA) is 54.4 Å². The minimum absolute atomic E-state index is 0.216. The number of hydrogen-bond acceptors (Lipinski definition) is 3. The van der Waals surface area contributed by atoms with Gasteiger partial charge in [0.05, 0.1) is 17.3 Å². The predicted octanol–water partition coefficient (Wildman–Crippen LogP) is 4.64. The number of hydrazone groups is 1. The molecule has 0 atom stereocenters. The molecule has 0 bridgehead atoms. The highest BCUT2D eigenvalue weighted by atomic mass is 79.9. The number of halogens is 1. The zero-order chi connectivity index (χ0) is 17.2. The molecular weight excluding hydrogens is 378 g/mol. The standard InChI is InChI=1S/C20H16BrN3O/c21-15-5-3-4-13(10-15)12-22-24-20(25)17-11-19(14-8-9-14)23-18-7-2-1-6-16(17)18/h1-7,10-12,14H,8-9H2,(H,24,25)/b22-12+. The van der Waals surface area contributed by atoms with Gasteiger partial charge in [0.25, 0.3) is 5.91 Å². The molecule has 4 nitrogen and oxygen atoms in total. The molecule has 1 aliphatic rings. The van der Waals surface area contributed by atoms with Gasteiger partial charge in [-0.05, 0) is 42.7 Å². The highest BCUT2D eigenvalue weighted by Crippen LogP contribution is 2.40. The van der Waals surface area contributed by atoms with Crippen LogP contribution in [0.15, 0.2) is 64.2 Å². The molecular formula is C20H16BrN3O. The number of para-hydroxylation sites is 1. The maximum atomic E-state index is 12.6. The van der Waals surface area contributed by atoms with Gasteiger partial charge in [-0.3, -0.25) is 9.78 Å². The van der Waals surface area contributed by atoms with Crippen molar-refractivity contribution in [2.75, 3.05) is 0 Å². The molecule has 1 fully saturated rings. The Balaban J connectivity index is 1.61. The van der Waals surface area contributed by atoms with Gasteiger partial charge >= 0.3 is 0 Å². The molecule has 5 heteroatoms. The molecule has 0 spiro atoms. The highest BCUT2D eigenvalue weighted by Gasteiger charge is 2.26. The first-order valence-electron chi connectivity index (χ1n) is 8.19. The third-order valence-corrected chi connectivity index (χ3v) is 4.70. The summed E-state index contributed by atoms with van der Waals surface area (Å²) in [6, 6.07) is 17.4. The van der Waals surface area contributed by atoms with E-state index in [9.17, 15) is 4.79 Å². The molecule has 0 radical (unpaired) electrons. The fourth-order valence-electron chi connectivity index (χ4n) is 2.78. The van der Waals surface area contributed by atoms with Gasteiger partial charge in [0.15, 0.2) is 0 Å². The van der Waals surface area contributed by atoms with Gasteiger partial charge in [0.2, 0.25) is 0 Å². The lowest BCUT2D eigenvalue weighted by molar-refractivity contribution is 0.0956. The van der Waals surface area contributed by atoms with Gasteiger partial charge in [-0.1, -0.05) is 46.3 Å². The van der Waals surface area contributed by atoms with E-state index in [1.54, 1.807) is 6.21 Å². The van der Waals surface area contributed by atoms with Crippen LogP contribution in [0.25, 0.3) is 10.9 Å². The fraction of sp³-hybridized carbons (Fsp3) is 0.150. The van der Waals surface area contributed by atoms with Crippen molar-refractivity contribution in [2.45, 2.75) is 18.8 Å². The van der Waals surface area contributed by atoms with Gasteiger partial charge in [0, 0.05) is 21.5 Å². The third-order valence-electron chi connectivity index (χ3n) is 4.20. The largest absolute Gasteiger partial charge is 0.272 e. The Morgan fingerprint density at radius 2 is 2.00 bits per heavy atom. The normalized spacial score (nSPS) is 14.1. The number of carbonyl (C=O) groups excluding carboxylic acids is 1. The Kier molecular flexibility index (Phi) is 4.32. The zero-order valence-corrected chi connectivity index (χ0v) is 15.0. The summed E-state index contributed by atoms with van der Waals surface area (Å²) in [7, 11) is 0. The first-order chi connectivity index (χ1) is 12.2. The average Bonchev–Trinajstić information content (AvgIpc) is 3.46. The molecule has 1 saturated carbocycles. The fourth-order valence-corrected chi connectivity index (χ4v) is 3.20. The molecule has 1 amide bonds. The molecule has 1 heterocycles. The number of rotatable bonds is 4. The summed E-state index contributed by atoms with van der Waals surface area (Å²) >= 11 is 3.42. The Morgan fingerprint density at radius 3 is 2.80 bits per heavy atom. The Hall–Kier alpha value is -2.53. The lowest BCUT2D eigenvalue weighted by atomic mass is 10.1. The molecule has 0 aliphatic heterocycles. The van der Waals surface area contributed by atoms with Gasteiger partial charge in [-0.15, -0.1) is 0 Å². The quantitative estimate of drug-likeness (QED) is 0.518. The van der Waals surface area contributed by atoms with E-state index in [1.165, 1.54) is 0 Å². The van der Waals surface area contributed by atoms with Gasteiger partial charge < -0.3 is 0 Å². The lowest BCUT2D eigenvalue weighted by Gasteiger charge is -2.08. The van der Waals surface area contributed by atoms with Crippen molar-refractivity contribution in [2.24, 2.45) is 5.10 Å². The van der Waals surface area contributed by atoms with Crippen molar-refractivity contribution in [1.82, 2.24) is 10.4 Å². The molecule has 4 rings (SSSR count). The van der Waals surface area contributed by atoms with Gasteiger partial charge in [-0.25, -0.2) is 5.43 Å².